The van der Waals surface area contributed by atoms with E-state index in [0.717, 1.165) is 18.5 Å². The van der Waals surface area contributed by atoms with E-state index in [9.17, 15) is 12.8 Å². The van der Waals surface area contributed by atoms with Gasteiger partial charge in [0.25, 0.3) is 0 Å². The van der Waals surface area contributed by atoms with Gasteiger partial charge in [0.05, 0.1) is 18.1 Å². The summed E-state index contributed by atoms with van der Waals surface area (Å²) >= 11 is 0. The van der Waals surface area contributed by atoms with Gasteiger partial charge in [0.15, 0.2) is 0 Å². The lowest BCUT2D eigenvalue weighted by atomic mass is 9.96. The molecule has 1 aromatic rings. The number of hydrogen-bond donors (Lipinski definition) is 0. The van der Waals surface area contributed by atoms with Gasteiger partial charge in [-0.2, -0.15) is 4.31 Å². The van der Waals surface area contributed by atoms with Gasteiger partial charge in [-0.1, -0.05) is 12.1 Å². The molecule has 2 aliphatic rings. The number of hydrogen-bond acceptors (Lipinski definition) is 4. The van der Waals surface area contributed by atoms with Crippen LogP contribution in [0.25, 0.3) is 0 Å². The summed E-state index contributed by atoms with van der Waals surface area (Å²) in [6, 6.07) is 7.02. The molecule has 1 aromatic carbocycles. The van der Waals surface area contributed by atoms with E-state index in [1.165, 1.54) is 4.31 Å². The lowest BCUT2D eigenvalue weighted by molar-refractivity contribution is 0.0563. The number of ether oxygens (including phenoxy) is 1. The minimum Gasteiger partial charge on any atom is -0.379 e. The Morgan fingerprint density at radius 1 is 1.25 bits per heavy atom. The Labute approximate surface area is 143 Å². The molecule has 2 aliphatic heterocycles. The molecule has 2 heterocycles. The van der Waals surface area contributed by atoms with Crippen molar-refractivity contribution in [3.8, 4) is 0 Å². The molecule has 2 saturated heterocycles. The van der Waals surface area contributed by atoms with Gasteiger partial charge in [0.1, 0.15) is 5.67 Å². The van der Waals surface area contributed by atoms with E-state index in [1.54, 1.807) is 25.1 Å². The van der Waals surface area contributed by atoms with Crippen molar-refractivity contribution in [2.24, 2.45) is 0 Å². The summed E-state index contributed by atoms with van der Waals surface area (Å²) in [6.45, 7) is 5.10. The molecule has 0 N–H and O–H groups in total. The molecule has 0 radical (unpaired) electrons. The van der Waals surface area contributed by atoms with Gasteiger partial charge in [0, 0.05) is 26.2 Å². The van der Waals surface area contributed by atoms with Crippen LogP contribution in [0.5, 0.6) is 0 Å². The maximum Gasteiger partial charge on any atom is 0.243 e. The highest BCUT2D eigenvalue weighted by Gasteiger charge is 2.31. The highest BCUT2D eigenvalue weighted by Crippen LogP contribution is 2.26. The third kappa shape index (κ3) is 4.14. The van der Waals surface area contributed by atoms with E-state index in [2.05, 4.69) is 4.90 Å². The highest BCUT2D eigenvalue weighted by atomic mass is 32.2. The van der Waals surface area contributed by atoms with Crippen LogP contribution in [0.4, 0.5) is 4.39 Å². The van der Waals surface area contributed by atoms with Gasteiger partial charge in [-0.05, 0) is 44.0 Å². The van der Waals surface area contributed by atoms with Crippen LogP contribution in [0.1, 0.15) is 25.3 Å². The Balaban J connectivity index is 1.74. The molecule has 0 spiro atoms. The first-order chi connectivity index (χ1) is 11.4. The standard InChI is InChI=1S/C17H25FN2O3S/c1-17(18)6-3-7-19(14-17)13-15-4-2-5-16(12-15)24(21,22)20-8-10-23-11-9-20/h2,4-5,12H,3,6-11,13-14H2,1H3. The lowest BCUT2D eigenvalue weighted by Crippen LogP contribution is -2.43. The Hall–Kier alpha value is -1.02. The van der Waals surface area contributed by atoms with Crippen LogP contribution in [0, 0.1) is 0 Å². The predicted molar refractivity (Wildman–Crippen MR) is 90.0 cm³/mol. The normalized spacial score (nSPS) is 27.2. The zero-order valence-electron chi connectivity index (χ0n) is 14.1. The number of halogens is 1. The molecular weight excluding hydrogens is 331 g/mol. The summed E-state index contributed by atoms with van der Waals surface area (Å²) in [4.78, 5) is 2.37. The van der Waals surface area contributed by atoms with E-state index in [0.29, 0.717) is 50.7 Å². The first kappa shape index (κ1) is 17.8. The quantitative estimate of drug-likeness (QED) is 0.828. The van der Waals surface area contributed by atoms with Crippen LogP contribution < -0.4 is 0 Å². The number of benzene rings is 1. The van der Waals surface area contributed by atoms with Crippen molar-refractivity contribution in [2.45, 2.75) is 36.9 Å². The minimum absolute atomic E-state index is 0.307. The molecule has 2 fully saturated rings. The monoisotopic (exact) mass is 356 g/mol. The van der Waals surface area contributed by atoms with Crippen molar-refractivity contribution in [3.63, 3.8) is 0 Å². The summed E-state index contributed by atoms with van der Waals surface area (Å²) in [6.07, 6.45) is 1.42. The first-order valence-corrected chi connectivity index (χ1v) is 9.89. The summed E-state index contributed by atoms with van der Waals surface area (Å²) < 4.78 is 46.3. The van der Waals surface area contributed by atoms with Crippen LogP contribution in [-0.4, -0.2) is 62.7 Å². The van der Waals surface area contributed by atoms with Crippen molar-refractivity contribution in [1.82, 2.24) is 9.21 Å². The number of rotatable bonds is 4. The molecule has 24 heavy (non-hydrogen) atoms. The maximum absolute atomic E-state index is 14.2. The molecule has 0 bridgehead atoms. The first-order valence-electron chi connectivity index (χ1n) is 8.45. The largest absolute Gasteiger partial charge is 0.379 e. The Morgan fingerprint density at radius 2 is 2.00 bits per heavy atom. The molecule has 5 nitrogen and oxygen atoms in total. The van der Waals surface area contributed by atoms with Crippen LogP contribution in [-0.2, 0) is 21.3 Å². The number of nitrogens with zero attached hydrogens (tertiary/aromatic N) is 2. The van der Waals surface area contributed by atoms with Crippen molar-refractivity contribution < 1.29 is 17.5 Å². The van der Waals surface area contributed by atoms with E-state index < -0.39 is 15.7 Å². The Kier molecular flexibility index (Phi) is 5.24. The van der Waals surface area contributed by atoms with Crippen LogP contribution in [0.15, 0.2) is 29.2 Å². The molecule has 134 valence electrons. The third-order valence-electron chi connectivity index (χ3n) is 4.64. The smallest absolute Gasteiger partial charge is 0.243 e. The van der Waals surface area contributed by atoms with E-state index in [-0.39, 0.29) is 0 Å². The van der Waals surface area contributed by atoms with Crippen LogP contribution in [0.2, 0.25) is 0 Å². The molecule has 3 rings (SSSR count). The summed E-state index contributed by atoms with van der Waals surface area (Å²) in [5.74, 6) is 0. The van der Waals surface area contributed by atoms with Gasteiger partial charge >= 0.3 is 0 Å². The van der Waals surface area contributed by atoms with Crippen molar-refractivity contribution >= 4 is 10.0 Å². The van der Waals surface area contributed by atoms with E-state index in [1.807, 2.05) is 6.07 Å². The third-order valence-corrected chi connectivity index (χ3v) is 6.53. The topological polar surface area (TPSA) is 49.9 Å². The predicted octanol–water partition coefficient (Wildman–Crippen LogP) is 2.03. The molecule has 7 heteroatoms. The van der Waals surface area contributed by atoms with Crippen molar-refractivity contribution in [3.05, 3.63) is 29.8 Å². The van der Waals surface area contributed by atoms with Crippen LogP contribution >= 0.6 is 0 Å². The molecule has 0 aromatic heterocycles. The minimum atomic E-state index is -3.49. The fourth-order valence-corrected chi connectivity index (χ4v) is 4.91. The molecule has 0 saturated carbocycles. The summed E-state index contributed by atoms with van der Waals surface area (Å²) in [7, 11) is -3.49. The van der Waals surface area contributed by atoms with Crippen LogP contribution in [0.3, 0.4) is 0 Å². The molecule has 1 atom stereocenters. The second kappa shape index (κ2) is 7.07. The average Bonchev–Trinajstić information content (AvgIpc) is 2.55. The molecular formula is C17H25FN2O3S. The number of likely N-dealkylation sites (tertiary alicyclic amines) is 1. The number of sulfonamides is 1. The van der Waals surface area contributed by atoms with E-state index in [4.69, 9.17) is 4.74 Å². The maximum atomic E-state index is 14.2. The molecule has 1 unspecified atom stereocenters. The zero-order valence-corrected chi connectivity index (χ0v) is 14.9. The second-order valence-electron chi connectivity index (χ2n) is 6.89. The average molecular weight is 356 g/mol. The van der Waals surface area contributed by atoms with Crippen molar-refractivity contribution in [2.75, 3.05) is 39.4 Å². The number of morpholine rings is 1. The second-order valence-corrected chi connectivity index (χ2v) is 8.83. The van der Waals surface area contributed by atoms with E-state index >= 15 is 0 Å². The number of piperidine rings is 1. The summed E-state index contributed by atoms with van der Waals surface area (Å²) in [5, 5.41) is 0. The SMILES string of the molecule is CC1(F)CCCN(Cc2cccc(S(=O)(=O)N3CCOCC3)c2)C1. The fraction of sp³-hybridized carbons (Fsp3) is 0.647. The van der Waals surface area contributed by atoms with Gasteiger partial charge in [-0.15, -0.1) is 0 Å². The van der Waals surface area contributed by atoms with Crippen molar-refractivity contribution in [1.29, 1.82) is 0 Å². The van der Waals surface area contributed by atoms with Gasteiger partial charge in [0.2, 0.25) is 10.0 Å². The number of alkyl halides is 1. The molecule has 0 aliphatic carbocycles. The zero-order chi connectivity index (χ0) is 17.2. The van der Waals surface area contributed by atoms with Gasteiger partial charge in [-0.25, -0.2) is 12.8 Å². The Morgan fingerprint density at radius 3 is 2.71 bits per heavy atom. The fourth-order valence-electron chi connectivity index (χ4n) is 3.43. The Bertz CT molecular complexity index is 672. The highest BCUT2D eigenvalue weighted by molar-refractivity contribution is 7.89. The molecule has 0 amide bonds. The lowest BCUT2D eigenvalue weighted by Gasteiger charge is -2.35. The van der Waals surface area contributed by atoms with Gasteiger partial charge in [-0.3, -0.25) is 4.90 Å². The summed E-state index contributed by atoms with van der Waals surface area (Å²) in [5.41, 5.74) is -0.252. The van der Waals surface area contributed by atoms with Gasteiger partial charge < -0.3 is 4.74 Å².